The predicted molar refractivity (Wildman–Crippen MR) is 78.1 cm³/mol. The second kappa shape index (κ2) is 6.85. The number of carbonyl (C=O) groups excluding carboxylic acids is 1. The number of piperidine rings is 1. The van der Waals surface area contributed by atoms with E-state index in [9.17, 15) is 13.6 Å². The number of amides is 1. The molecule has 2 rings (SSSR count). The number of hydrogen-bond acceptors (Lipinski definition) is 3. The molecule has 0 atom stereocenters. The van der Waals surface area contributed by atoms with Crippen LogP contribution in [0.4, 0.5) is 14.5 Å². The number of rotatable bonds is 4. The van der Waals surface area contributed by atoms with Crippen molar-refractivity contribution in [2.45, 2.75) is 18.9 Å². The first kappa shape index (κ1) is 15.7. The van der Waals surface area contributed by atoms with Crippen LogP contribution in [0.2, 0.25) is 0 Å². The molecule has 4 nitrogen and oxygen atoms in total. The van der Waals surface area contributed by atoms with E-state index in [1.54, 1.807) is 19.0 Å². The monoisotopic (exact) mass is 297 g/mol. The Morgan fingerprint density at radius 1 is 1.29 bits per heavy atom. The number of halogens is 2. The first-order valence-corrected chi connectivity index (χ1v) is 7.10. The van der Waals surface area contributed by atoms with Crippen LogP contribution < -0.4 is 5.32 Å². The highest BCUT2D eigenvalue weighted by Gasteiger charge is 2.22. The van der Waals surface area contributed by atoms with E-state index < -0.39 is 11.6 Å². The molecule has 116 valence electrons. The summed E-state index contributed by atoms with van der Waals surface area (Å²) in [6, 6.07) is 3.87. The zero-order valence-corrected chi connectivity index (χ0v) is 12.4. The van der Waals surface area contributed by atoms with Crippen molar-refractivity contribution in [1.82, 2.24) is 9.80 Å². The molecule has 0 aliphatic carbocycles. The van der Waals surface area contributed by atoms with Crippen molar-refractivity contribution in [3.8, 4) is 0 Å². The van der Waals surface area contributed by atoms with Crippen molar-refractivity contribution in [2.24, 2.45) is 0 Å². The number of para-hydroxylation sites is 1. The molecule has 0 radical (unpaired) electrons. The molecule has 1 N–H and O–H groups in total. The van der Waals surface area contributed by atoms with Crippen LogP contribution in [-0.4, -0.2) is 55.5 Å². The highest BCUT2D eigenvalue weighted by molar-refractivity contribution is 5.77. The van der Waals surface area contributed by atoms with Gasteiger partial charge in [-0.25, -0.2) is 8.78 Å². The molecule has 1 aliphatic rings. The fraction of sp³-hybridized carbons (Fsp3) is 0.533. The predicted octanol–water partition coefficient (Wildman–Crippen LogP) is 1.93. The molecule has 1 aliphatic heterocycles. The second-order valence-electron chi connectivity index (χ2n) is 5.58. The van der Waals surface area contributed by atoms with E-state index in [2.05, 4.69) is 10.2 Å². The van der Waals surface area contributed by atoms with E-state index in [0.29, 0.717) is 6.54 Å². The highest BCUT2D eigenvalue weighted by atomic mass is 19.1. The number of nitrogens with one attached hydrogen (secondary N) is 1. The molecule has 1 fully saturated rings. The van der Waals surface area contributed by atoms with Crippen LogP contribution >= 0.6 is 0 Å². The number of anilines is 1. The normalized spacial score (nSPS) is 16.8. The van der Waals surface area contributed by atoms with Crippen molar-refractivity contribution in [1.29, 1.82) is 0 Å². The number of nitrogens with zero attached hydrogens (tertiary/aromatic N) is 2. The van der Waals surface area contributed by atoms with Gasteiger partial charge >= 0.3 is 0 Å². The maximum absolute atomic E-state index is 13.6. The number of likely N-dealkylation sites (tertiary alicyclic amines) is 1. The molecule has 1 aromatic carbocycles. The molecule has 0 bridgehead atoms. The molecular formula is C15H21F2N3O. The Bertz CT molecular complexity index is 479. The smallest absolute Gasteiger partial charge is 0.236 e. The average Bonchev–Trinajstić information content (AvgIpc) is 2.44. The SMILES string of the molecule is CN(C)C(=O)CN1CCC(Nc2c(F)cccc2F)CC1. The Balaban J connectivity index is 1.86. The number of benzene rings is 1. The van der Waals surface area contributed by atoms with Crippen molar-refractivity contribution in [3.05, 3.63) is 29.8 Å². The Morgan fingerprint density at radius 3 is 2.38 bits per heavy atom. The lowest BCUT2D eigenvalue weighted by Gasteiger charge is -2.33. The molecule has 0 spiro atoms. The summed E-state index contributed by atoms with van der Waals surface area (Å²) in [5.41, 5.74) is -0.0553. The minimum Gasteiger partial charge on any atom is -0.377 e. The molecule has 1 aromatic rings. The maximum atomic E-state index is 13.6. The van der Waals surface area contributed by atoms with Gasteiger partial charge in [-0.15, -0.1) is 0 Å². The van der Waals surface area contributed by atoms with Gasteiger partial charge in [-0.1, -0.05) is 6.07 Å². The molecule has 1 saturated heterocycles. The lowest BCUT2D eigenvalue weighted by atomic mass is 10.0. The molecule has 0 aromatic heterocycles. The first-order chi connectivity index (χ1) is 9.97. The summed E-state index contributed by atoms with van der Waals surface area (Å²) in [5, 5.41) is 2.94. The Morgan fingerprint density at radius 2 is 1.86 bits per heavy atom. The Hall–Kier alpha value is -1.69. The molecule has 21 heavy (non-hydrogen) atoms. The first-order valence-electron chi connectivity index (χ1n) is 7.10. The zero-order chi connectivity index (χ0) is 15.4. The molecule has 0 saturated carbocycles. The van der Waals surface area contributed by atoms with Gasteiger partial charge in [-0.2, -0.15) is 0 Å². The van der Waals surface area contributed by atoms with E-state index in [1.807, 2.05) is 0 Å². The Kier molecular flexibility index (Phi) is 5.12. The third-order valence-corrected chi connectivity index (χ3v) is 3.76. The second-order valence-corrected chi connectivity index (χ2v) is 5.58. The fourth-order valence-corrected chi connectivity index (χ4v) is 2.41. The van der Waals surface area contributed by atoms with Gasteiger partial charge < -0.3 is 10.2 Å². The van der Waals surface area contributed by atoms with Crippen molar-refractivity contribution < 1.29 is 13.6 Å². The zero-order valence-electron chi connectivity index (χ0n) is 12.4. The van der Waals surface area contributed by atoms with Gasteiger partial charge in [-0.3, -0.25) is 9.69 Å². The third kappa shape index (κ3) is 4.14. The molecule has 0 unspecified atom stereocenters. The summed E-state index contributed by atoms with van der Waals surface area (Å²) in [5.74, 6) is -1.07. The van der Waals surface area contributed by atoms with Gasteiger partial charge in [0.15, 0.2) is 0 Å². The van der Waals surface area contributed by atoms with E-state index in [4.69, 9.17) is 0 Å². The summed E-state index contributed by atoms with van der Waals surface area (Å²) >= 11 is 0. The average molecular weight is 297 g/mol. The van der Waals surface area contributed by atoms with Crippen LogP contribution in [0.5, 0.6) is 0 Å². The van der Waals surface area contributed by atoms with Crippen LogP contribution in [0.15, 0.2) is 18.2 Å². The van der Waals surface area contributed by atoms with Gasteiger partial charge in [0.1, 0.15) is 17.3 Å². The summed E-state index contributed by atoms with van der Waals surface area (Å²) in [6.45, 7) is 1.88. The van der Waals surface area contributed by atoms with Gasteiger partial charge in [0.05, 0.1) is 6.54 Å². The van der Waals surface area contributed by atoms with Crippen LogP contribution in [-0.2, 0) is 4.79 Å². The van der Waals surface area contributed by atoms with Crippen LogP contribution in [0, 0.1) is 11.6 Å². The summed E-state index contributed by atoms with van der Waals surface area (Å²) in [7, 11) is 3.47. The molecule has 1 amide bonds. The molecular weight excluding hydrogens is 276 g/mol. The fourth-order valence-electron chi connectivity index (χ4n) is 2.41. The van der Waals surface area contributed by atoms with Gasteiger partial charge in [0.2, 0.25) is 5.91 Å². The van der Waals surface area contributed by atoms with Gasteiger partial charge in [0.25, 0.3) is 0 Å². The maximum Gasteiger partial charge on any atom is 0.236 e. The quantitative estimate of drug-likeness (QED) is 0.922. The number of likely N-dealkylation sites (N-methyl/N-ethyl adjacent to an activating group) is 1. The highest BCUT2D eigenvalue weighted by Crippen LogP contribution is 2.22. The van der Waals surface area contributed by atoms with Gasteiger partial charge in [-0.05, 0) is 25.0 Å². The standard InChI is InChI=1S/C15H21F2N3O/c1-19(2)14(21)10-20-8-6-11(7-9-20)18-15-12(16)4-3-5-13(15)17/h3-5,11,18H,6-10H2,1-2H3. The Labute approximate surface area is 123 Å². The van der Waals surface area contributed by atoms with Crippen molar-refractivity contribution in [2.75, 3.05) is 39.0 Å². The van der Waals surface area contributed by atoms with E-state index in [-0.39, 0.29) is 17.6 Å². The van der Waals surface area contributed by atoms with E-state index in [1.165, 1.54) is 18.2 Å². The lowest BCUT2D eigenvalue weighted by molar-refractivity contribution is -0.130. The minimum absolute atomic E-state index is 0.0297. The van der Waals surface area contributed by atoms with Crippen LogP contribution in [0.3, 0.4) is 0 Å². The molecule has 6 heteroatoms. The third-order valence-electron chi connectivity index (χ3n) is 3.76. The van der Waals surface area contributed by atoms with Gasteiger partial charge in [0, 0.05) is 33.2 Å². The number of hydrogen-bond donors (Lipinski definition) is 1. The van der Waals surface area contributed by atoms with Crippen molar-refractivity contribution in [3.63, 3.8) is 0 Å². The summed E-state index contributed by atoms with van der Waals surface area (Å²) < 4.78 is 27.2. The van der Waals surface area contributed by atoms with Crippen molar-refractivity contribution >= 4 is 11.6 Å². The molecule has 1 heterocycles. The van der Waals surface area contributed by atoms with Crippen LogP contribution in [0.1, 0.15) is 12.8 Å². The summed E-state index contributed by atoms with van der Waals surface area (Å²) in [6.07, 6.45) is 1.52. The number of carbonyl (C=O) groups is 1. The van der Waals surface area contributed by atoms with Crippen LogP contribution in [0.25, 0.3) is 0 Å². The van der Waals surface area contributed by atoms with E-state index in [0.717, 1.165) is 25.9 Å². The minimum atomic E-state index is -0.569. The largest absolute Gasteiger partial charge is 0.377 e. The lowest BCUT2D eigenvalue weighted by Crippen LogP contribution is -2.44. The van der Waals surface area contributed by atoms with E-state index >= 15 is 0 Å². The summed E-state index contributed by atoms with van der Waals surface area (Å²) in [4.78, 5) is 15.3. The topological polar surface area (TPSA) is 35.6 Å².